The summed E-state index contributed by atoms with van der Waals surface area (Å²) >= 11 is 0. The molecule has 9 nitrogen and oxygen atoms in total. The Bertz CT molecular complexity index is 1130. The first kappa shape index (κ1) is 24.5. The number of hydrogen-bond acceptors (Lipinski definition) is 7. The monoisotopic (exact) mass is 471 g/mol. The van der Waals surface area contributed by atoms with Gasteiger partial charge < -0.3 is 15.0 Å². The minimum absolute atomic E-state index is 0.000584. The molecule has 1 aliphatic heterocycles. The molecule has 1 amide bonds. The van der Waals surface area contributed by atoms with Crippen LogP contribution >= 0.6 is 0 Å². The molecule has 0 spiro atoms. The average Bonchev–Trinajstić information content (AvgIpc) is 3.04. The third kappa shape index (κ3) is 6.01. The van der Waals surface area contributed by atoms with E-state index in [1.165, 1.54) is 33.3 Å². The fraction of sp³-hybridized carbons (Fsp3) is 0.391. The van der Waals surface area contributed by atoms with E-state index in [0.29, 0.717) is 11.3 Å². The number of benzene rings is 2. The maximum Gasteiger partial charge on any atom is 0.246 e. The largest absolute Gasteiger partial charge is 0.495 e. The smallest absolute Gasteiger partial charge is 0.246 e. The fourth-order valence-electron chi connectivity index (χ4n) is 3.69. The predicted octanol–water partition coefficient (Wildman–Crippen LogP) is 1.97. The molecule has 0 radical (unpaired) electrons. The molecular formula is C23H29N5O4S. The van der Waals surface area contributed by atoms with Gasteiger partial charge in [0.05, 0.1) is 25.3 Å². The van der Waals surface area contributed by atoms with Crippen LogP contribution in [0, 0.1) is 11.3 Å². The maximum atomic E-state index is 12.7. The van der Waals surface area contributed by atoms with Crippen molar-refractivity contribution in [3.8, 4) is 11.8 Å². The summed E-state index contributed by atoms with van der Waals surface area (Å²) in [5.74, 6) is 0.0114. The van der Waals surface area contributed by atoms with Crippen LogP contribution in [0.25, 0.3) is 0 Å². The standard InChI is InChI=1S/C23H29N5O4S/c1-26(2)33(30,31)22-15-19(7-10-21(22)32-3)25-23(29)17-27-11-4-12-28(14-13-27)20-8-5-18(16-24)6-9-20/h5-10,15H,4,11-14,17H2,1-3H3,(H,25,29). The Morgan fingerprint density at radius 3 is 2.48 bits per heavy atom. The van der Waals surface area contributed by atoms with Crippen molar-refractivity contribution < 1.29 is 17.9 Å². The number of anilines is 2. The van der Waals surface area contributed by atoms with Crippen molar-refractivity contribution in [2.75, 3.05) is 64.1 Å². The summed E-state index contributed by atoms with van der Waals surface area (Å²) in [6.45, 7) is 3.35. The highest BCUT2D eigenvalue weighted by Gasteiger charge is 2.23. The molecule has 33 heavy (non-hydrogen) atoms. The predicted molar refractivity (Wildman–Crippen MR) is 127 cm³/mol. The Morgan fingerprint density at radius 1 is 1.12 bits per heavy atom. The molecule has 176 valence electrons. The number of ether oxygens (including phenoxy) is 1. The van der Waals surface area contributed by atoms with Crippen LogP contribution in [0.4, 0.5) is 11.4 Å². The highest BCUT2D eigenvalue weighted by Crippen LogP contribution is 2.29. The Hall–Kier alpha value is -3.13. The second-order valence-corrected chi connectivity index (χ2v) is 10.1. The van der Waals surface area contributed by atoms with Gasteiger partial charge >= 0.3 is 0 Å². The third-order valence-electron chi connectivity index (χ3n) is 5.52. The molecule has 1 N–H and O–H groups in total. The normalized spacial score (nSPS) is 15.1. The molecule has 1 fully saturated rings. The molecule has 2 aromatic carbocycles. The van der Waals surface area contributed by atoms with Gasteiger partial charge in [-0.1, -0.05) is 0 Å². The van der Waals surface area contributed by atoms with Gasteiger partial charge in [-0.3, -0.25) is 9.69 Å². The van der Waals surface area contributed by atoms with Crippen molar-refractivity contribution in [2.24, 2.45) is 0 Å². The molecule has 0 saturated carbocycles. The van der Waals surface area contributed by atoms with Crippen LogP contribution in [0.3, 0.4) is 0 Å². The van der Waals surface area contributed by atoms with Gasteiger partial charge in [0.25, 0.3) is 0 Å². The van der Waals surface area contributed by atoms with Crippen molar-refractivity contribution in [1.82, 2.24) is 9.21 Å². The van der Waals surface area contributed by atoms with Gasteiger partial charge in [-0.05, 0) is 48.9 Å². The first-order valence-corrected chi connectivity index (χ1v) is 12.1. The van der Waals surface area contributed by atoms with Gasteiger partial charge in [-0.25, -0.2) is 12.7 Å². The van der Waals surface area contributed by atoms with Crippen molar-refractivity contribution >= 4 is 27.3 Å². The number of hydrogen-bond donors (Lipinski definition) is 1. The van der Waals surface area contributed by atoms with E-state index in [0.717, 1.165) is 42.6 Å². The Labute approximate surface area is 195 Å². The highest BCUT2D eigenvalue weighted by atomic mass is 32.2. The maximum absolute atomic E-state index is 12.7. The number of rotatable bonds is 7. The summed E-state index contributed by atoms with van der Waals surface area (Å²) in [7, 11) is 0.572. The topological polar surface area (TPSA) is 106 Å². The number of nitriles is 1. The zero-order valence-corrected chi connectivity index (χ0v) is 19.9. The molecule has 0 unspecified atom stereocenters. The Kier molecular flexibility index (Phi) is 7.92. The van der Waals surface area contributed by atoms with E-state index in [-0.39, 0.29) is 23.1 Å². The van der Waals surface area contributed by atoms with E-state index in [1.54, 1.807) is 6.07 Å². The average molecular weight is 472 g/mol. The zero-order valence-electron chi connectivity index (χ0n) is 19.1. The summed E-state index contributed by atoms with van der Waals surface area (Å²) in [4.78, 5) is 17.0. The summed E-state index contributed by atoms with van der Waals surface area (Å²) in [5, 5.41) is 11.8. The molecule has 10 heteroatoms. The van der Waals surface area contributed by atoms with Gasteiger partial charge in [0.2, 0.25) is 15.9 Å². The minimum Gasteiger partial charge on any atom is -0.495 e. The zero-order chi connectivity index (χ0) is 24.0. The molecule has 3 rings (SSSR count). The van der Waals surface area contributed by atoms with E-state index in [9.17, 15) is 13.2 Å². The lowest BCUT2D eigenvalue weighted by Gasteiger charge is -2.23. The van der Waals surface area contributed by atoms with Gasteiger partial charge in [0.1, 0.15) is 10.6 Å². The summed E-state index contributed by atoms with van der Waals surface area (Å²) < 4.78 is 31.5. The number of sulfonamides is 1. The molecule has 1 heterocycles. The lowest BCUT2D eigenvalue weighted by Crippen LogP contribution is -2.36. The van der Waals surface area contributed by atoms with Gasteiger partial charge in [-0.15, -0.1) is 0 Å². The van der Waals surface area contributed by atoms with Crippen LogP contribution in [-0.4, -0.2) is 77.5 Å². The Morgan fingerprint density at radius 2 is 1.85 bits per heavy atom. The SMILES string of the molecule is COc1ccc(NC(=O)CN2CCCN(c3ccc(C#N)cc3)CC2)cc1S(=O)(=O)N(C)C. The van der Waals surface area contributed by atoms with E-state index in [4.69, 9.17) is 10.00 Å². The van der Waals surface area contributed by atoms with Gasteiger partial charge in [-0.2, -0.15) is 5.26 Å². The molecule has 1 aliphatic rings. The van der Waals surface area contributed by atoms with Gasteiger partial charge in [0.15, 0.2) is 0 Å². The van der Waals surface area contributed by atoms with E-state index < -0.39 is 10.0 Å². The van der Waals surface area contributed by atoms with Crippen molar-refractivity contribution in [2.45, 2.75) is 11.3 Å². The number of nitrogens with zero attached hydrogens (tertiary/aromatic N) is 4. The second-order valence-electron chi connectivity index (χ2n) is 7.98. The van der Waals surface area contributed by atoms with E-state index in [2.05, 4.69) is 21.2 Å². The van der Waals surface area contributed by atoms with E-state index >= 15 is 0 Å². The van der Waals surface area contributed by atoms with Gasteiger partial charge in [0, 0.05) is 51.6 Å². The van der Waals surface area contributed by atoms with E-state index in [1.807, 2.05) is 24.3 Å². The summed E-state index contributed by atoms with van der Waals surface area (Å²) in [6, 6.07) is 14.2. The number of methoxy groups -OCH3 is 1. The third-order valence-corrected chi connectivity index (χ3v) is 7.36. The number of nitrogens with one attached hydrogen (secondary N) is 1. The van der Waals surface area contributed by atoms with Crippen LogP contribution in [0.15, 0.2) is 47.4 Å². The van der Waals surface area contributed by atoms with Crippen molar-refractivity contribution in [3.63, 3.8) is 0 Å². The van der Waals surface area contributed by atoms with Crippen LogP contribution in [0.1, 0.15) is 12.0 Å². The summed E-state index contributed by atoms with van der Waals surface area (Å²) in [5.41, 5.74) is 2.09. The van der Waals surface area contributed by atoms with Crippen LogP contribution in [0.5, 0.6) is 5.75 Å². The quantitative estimate of drug-likeness (QED) is 0.658. The lowest BCUT2D eigenvalue weighted by atomic mass is 10.2. The first-order chi connectivity index (χ1) is 15.7. The van der Waals surface area contributed by atoms with Crippen LogP contribution < -0.4 is 15.0 Å². The second kappa shape index (κ2) is 10.7. The molecule has 2 aromatic rings. The Balaban J connectivity index is 1.62. The molecule has 1 saturated heterocycles. The highest BCUT2D eigenvalue weighted by molar-refractivity contribution is 7.89. The number of amides is 1. The number of carbonyl (C=O) groups is 1. The lowest BCUT2D eigenvalue weighted by molar-refractivity contribution is -0.117. The minimum atomic E-state index is -3.72. The molecule has 0 atom stereocenters. The van der Waals surface area contributed by atoms with Crippen molar-refractivity contribution in [1.29, 1.82) is 5.26 Å². The molecule has 0 bridgehead atoms. The van der Waals surface area contributed by atoms with Crippen molar-refractivity contribution in [3.05, 3.63) is 48.0 Å². The fourth-order valence-corrected chi connectivity index (χ4v) is 4.77. The van der Waals surface area contributed by atoms with Crippen LogP contribution in [0.2, 0.25) is 0 Å². The molecular weight excluding hydrogens is 442 g/mol. The molecule has 0 aliphatic carbocycles. The summed E-state index contributed by atoms with van der Waals surface area (Å²) in [6.07, 6.45) is 0.904. The van der Waals surface area contributed by atoms with Crippen LogP contribution in [-0.2, 0) is 14.8 Å². The molecule has 0 aromatic heterocycles. The first-order valence-electron chi connectivity index (χ1n) is 10.6. The number of carbonyl (C=O) groups excluding carboxylic acids is 1.